The highest BCUT2D eigenvalue weighted by atomic mass is 32.2. The van der Waals surface area contributed by atoms with Crippen LogP contribution in [0, 0.1) is 0 Å². The molecule has 1 heterocycles. The molecule has 2 aromatic rings. The second-order valence-corrected chi connectivity index (χ2v) is 8.59. The van der Waals surface area contributed by atoms with E-state index in [1.807, 2.05) is 42.5 Å². The number of Topliss-reactive ketones (excluding diaryl/α,β-unsaturated/α-hetero) is 1. The van der Waals surface area contributed by atoms with E-state index in [1.54, 1.807) is 30.3 Å². The smallest absolute Gasteiger partial charge is 0.266 e. The maximum absolute atomic E-state index is 12.6. The number of amides is 2. The number of carbonyl (C=O) groups is 3. The molecule has 5 nitrogen and oxygen atoms in total. The van der Waals surface area contributed by atoms with E-state index in [0.717, 1.165) is 5.56 Å². The van der Waals surface area contributed by atoms with Crippen LogP contribution in [0.25, 0.3) is 6.08 Å². The van der Waals surface area contributed by atoms with Gasteiger partial charge in [-0.2, -0.15) is 0 Å². The zero-order valence-corrected chi connectivity index (χ0v) is 18.7. The third-order valence-electron chi connectivity index (χ3n) is 4.57. The maximum Gasteiger partial charge on any atom is 0.266 e. The topological polar surface area (TPSA) is 66.5 Å². The number of allylic oxidation sites excluding steroid dienone is 2. The molecule has 158 valence electrons. The summed E-state index contributed by atoms with van der Waals surface area (Å²) in [4.78, 5) is 38.2. The van der Waals surface area contributed by atoms with Gasteiger partial charge in [0, 0.05) is 24.2 Å². The van der Waals surface area contributed by atoms with Crippen molar-refractivity contribution in [3.05, 3.63) is 82.8 Å². The summed E-state index contributed by atoms with van der Waals surface area (Å²) in [5, 5.41) is 2.80. The first-order chi connectivity index (χ1) is 14.9. The highest BCUT2D eigenvalue weighted by Gasteiger charge is 2.31. The van der Waals surface area contributed by atoms with E-state index in [4.69, 9.17) is 12.2 Å². The number of benzene rings is 2. The molecular formula is C24H22N2O3S2. The lowest BCUT2D eigenvalue weighted by atomic mass is 10.1. The maximum atomic E-state index is 12.6. The fourth-order valence-electron chi connectivity index (χ4n) is 2.93. The summed E-state index contributed by atoms with van der Waals surface area (Å²) < 4.78 is 0.504. The molecule has 0 radical (unpaired) electrons. The first-order valence-electron chi connectivity index (χ1n) is 9.82. The van der Waals surface area contributed by atoms with Crippen molar-refractivity contribution < 1.29 is 14.4 Å². The molecule has 0 aromatic heterocycles. The number of ketones is 1. The first kappa shape index (κ1) is 22.7. The van der Waals surface area contributed by atoms with Crippen molar-refractivity contribution in [2.24, 2.45) is 0 Å². The third kappa shape index (κ3) is 6.47. The number of hydrogen-bond acceptors (Lipinski definition) is 5. The second kappa shape index (κ2) is 10.8. The minimum atomic E-state index is -0.151. The van der Waals surface area contributed by atoms with E-state index in [1.165, 1.54) is 23.6 Å². The number of hydrogen-bond donors (Lipinski definition) is 1. The molecular weight excluding hydrogens is 428 g/mol. The van der Waals surface area contributed by atoms with E-state index >= 15 is 0 Å². The number of thiocarbonyl (C=S) groups is 1. The molecule has 0 atom stereocenters. The van der Waals surface area contributed by atoms with Crippen LogP contribution in [0.2, 0.25) is 0 Å². The van der Waals surface area contributed by atoms with Crippen LogP contribution >= 0.6 is 24.0 Å². The minimum absolute atomic E-state index is 0.0222. The molecule has 1 saturated heterocycles. The summed E-state index contributed by atoms with van der Waals surface area (Å²) in [6.07, 6.45) is 6.30. The number of thioether (sulfide) groups is 1. The zero-order chi connectivity index (χ0) is 22.2. The minimum Gasteiger partial charge on any atom is -0.326 e. The molecule has 2 amide bonds. The molecule has 2 aromatic carbocycles. The van der Waals surface area contributed by atoms with E-state index < -0.39 is 0 Å². The van der Waals surface area contributed by atoms with Crippen molar-refractivity contribution in [2.75, 3.05) is 11.9 Å². The molecule has 0 bridgehead atoms. The fourth-order valence-corrected chi connectivity index (χ4v) is 4.19. The van der Waals surface area contributed by atoms with Crippen LogP contribution in [0.4, 0.5) is 5.69 Å². The Morgan fingerprint density at radius 3 is 2.48 bits per heavy atom. The predicted molar refractivity (Wildman–Crippen MR) is 130 cm³/mol. The van der Waals surface area contributed by atoms with E-state index in [9.17, 15) is 14.4 Å². The van der Waals surface area contributed by atoms with E-state index in [2.05, 4.69) is 5.32 Å². The Bertz CT molecular complexity index is 1040. The van der Waals surface area contributed by atoms with Crippen LogP contribution in [0.3, 0.4) is 0 Å². The molecule has 0 unspecified atom stereocenters. The number of anilines is 1. The van der Waals surface area contributed by atoms with Gasteiger partial charge in [0.15, 0.2) is 5.78 Å². The van der Waals surface area contributed by atoms with Gasteiger partial charge in [-0.25, -0.2) is 0 Å². The Labute approximate surface area is 191 Å². The van der Waals surface area contributed by atoms with Crippen molar-refractivity contribution in [1.82, 2.24) is 4.90 Å². The van der Waals surface area contributed by atoms with Gasteiger partial charge < -0.3 is 5.32 Å². The van der Waals surface area contributed by atoms with Crippen LogP contribution < -0.4 is 5.32 Å². The lowest BCUT2D eigenvalue weighted by molar-refractivity contribution is -0.122. The standard InChI is InChI=1S/C24H22N2O3S2/c1-17(27)19-12-14-20(15-13-19)25-22(28)11-6-16-26-23(29)21(31-24(26)30)10-5-9-18-7-3-2-4-8-18/h2-5,7-10,12-15H,6,11,16H2,1H3,(H,25,28)/b9-5+,21-10-. The molecule has 3 rings (SSSR count). The number of carbonyl (C=O) groups excluding carboxylic acids is 3. The van der Waals surface area contributed by atoms with Crippen molar-refractivity contribution in [1.29, 1.82) is 0 Å². The van der Waals surface area contributed by atoms with Crippen LogP contribution in [-0.2, 0) is 9.59 Å². The highest BCUT2D eigenvalue weighted by molar-refractivity contribution is 8.26. The Kier molecular flexibility index (Phi) is 7.92. The lowest BCUT2D eigenvalue weighted by Gasteiger charge is -2.14. The fraction of sp³-hybridized carbons (Fsp3) is 0.167. The predicted octanol–water partition coefficient (Wildman–Crippen LogP) is 5.07. The van der Waals surface area contributed by atoms with Crippen molar-refractivity contribution in [3.63, 3.8) is 0 Å². The summed E-state index contributed by atoms with van der Waals surface area (Å²) >= 11 is 6.60. The molecule has 1 aliphatic heterocycles. The second-order valence-electron chi connectivity index (χ2n) is 6.91. The Morgan fingerprint density at radius 2 is 1.81 bits per heavy atom. The molecule has 7 heteroatoms. The van der Waals surface area contributed by atoms with Gasteiger partial charge in [-0.3, -0.25) is 19.3 Å². The number of rotatable bonds is 8. The van der Waals surface area contributed by atoms with Gasteiger partial charge in [-0.05, 0) is 49.2 Å². The summed E-state index contributed by atoms with van der Waals surface area (Å²) in [6.45, 7) is 1.89. The van der Waals surface area contributed by atoms with Gasteiger partial charge in [0.2, 0.25) is 5.91 Å². The van der Waals surface area contributed by atoms with Gasteiger partial charge in [0.25, 0.3) is 5.91 Å². The van der Waals surface area contributed by atoms with Gasteiger partial charge in [-0.1, -0.05) is 66.5 Å². The molecule has 0 spiro atoms. The van der Waals surface area contributed by atoms with Crippen LogP contribution in [0.5, 0.6) is 0 Å². The summed E-state index contributed by atoms with van der Waals surface area (Å²) in [7, 11) is 0. The molecule has 1 fully saturated rings. The largest absolute Gasteiger partial charge is 0.326 e. The molecule has 1 N–H and O–H groups in total. The molecule has 31 heavy (non-hydrogen) atoms. The van der Waals surface area contributed by atoms with Gasteiger partial charge >= 0.3 is 0 Å². The van der Waals surface area contributed by atoms with Gasteiger partial charge in [-0.15, -0.1) is 0 Å². The molecule has 0 aliphatic carbocycles. The zero-order valence-electron chi connectivity index (χ0n) is 17.0. The monoisotopic (exact) mass is 450 g/mol. The third-order valence-corrected chi connectivity index (χ3v) is 5.97. The number of nitrogens with zero attached hydrogens (tertiary/aromatic N) is 1. The van der Waals surface area contributed by atoms with Gasteiger partial charge in [0.05, 0.1) is 4.91 Å². The first-order valence-corrected chi connectivity index (χ1v) is 11.0. The van der Waals surface area contributed by atoms with Crippen molar-refractivity contribution >= 4 is 57.7 Å². The van der Waals surface area contributed by atoms with Crippen LogP contribution in [0.15, 0.2) is 71.7 Å². The quantitative estimate of drug-likeness (QED) is 0.346. The highest BCUT2D eigenvalue weighted by Crippen LogP contribution is 2.31. The summed E-state index contributed by atoms with van der Waals surface area (Å²) in [6, 6.07) is 16.6. The van der Waals surface area contributed by atoms with Crippen LogP contribution in [0.1, 0.15) is 35.7 Å². The normalized spacial score (nSPS) is 15.1. The molecule has 1 aliphatic rings. The summed E-state index contributed by atoms with van der Waals surface area (Å²) in [5.74, 6) is -0.304. The SMILES string of the molecule is CC(=O)c1ccc(NC(=O)CCCN2C(=O)/C(=C/C=C/c3ccccc3)SC2=S)cc1. The Hall–Kier alpha value is -3.03. The average Bonchev–Trinajstić information content (AvgIpc) is 3.02. The average molecular weight is 451 g/mol. The summed E-state index contributed by atoms with van der Waals surface area (Å²) in [5.41, 5.74) is 2.28. The van der Waals surface area contributed by atoms with Crippen LogP contribution in [-0.4, -0.2) is 33.4 Å². The van der Waals surface area contributed by atoms with Crippen molar-refractivity contribution in [2.45, 2.75) is 19.8 Å². The lowest BCUT2D eigenvalue weighted by Crippen LogP contribution is -2.29. The Balaban J connectivity index is 1.47. The van der Waals surface area contributed by atoms with E-state index in [-0.39, 0.29) is 24.0 Å². The van der Waals surface area contributed by atoms with Crippen molar-refractivity contribution in [3.8, 4) is 0 Å². The molecule has 0 saturated carbocycles. The Morgan fingerprint density at radius 1 is 1.10 bits per heavy atom. The van der Waals surface area contributed by atoms with E-state index in [0.29, 0.717) is 33.4 Å². The van der Waals surface area contributed by atoms with Gasteiger partial charge in [0.1, 0.15) is 4.32 Å². The number of nitrogens with one attached hydrogen (secondary N) is 1.